The fourth-order valence-electron chi connectivity index (χ4n) is 3.26. The molecule has 0 amide bonds. The Bertz CT molecular complexity index is 798. The highest BCUT2D eigenvalue weighted by Gasteiger charge is 2.24. The van der Waals surface area contributed by atoms with Gasteiger partial charge in [0.15, 0.2) is 0 Å². The molecule has 2 aromatic carbocycles. The van der Waals surface area contributed by atoms with Crippen molar-refractivity contribution in [1.29, 1.82) is 0 Å². The van der Waals surface area contributed by atoms with Gasteiger partial charge in [0, 0.05) is 23.3 Å². The smallest absolute Gasteiger partial charge is 0.0704 e. The van der Waals surface area contributed by atoms with E-state index in [2.05, 4.69) is 66.6 Å². The Hall–Kier alpha value is -2.22. The standard InChI is InChI=1S/C18H18N2/c1-11-5-3-7-13-9-15(19-17(11)13)16-10-14-8-4-6-12(2)18(14)20-16/h3-9,16,19-20H,10H2,1-2H3/t16-/m1/s1. The number of anilines is 1. The quantitative estimate of drug-likeness (QED) is 0.664. The molecule has 0 bridgehead atoms. The molecule has 0 saturated heterocycles. The monoisotopic (exact) mass is 262 g/mol. The Morgan fingerprint density at radius 2 is 1.80 bits per heavy atom. The van der Waals surface area contributed by atoms with E-state index in [-0.39, 0.29) is 0 Å². The maximum atomic E-state index is 3.67. The highest BCUT2D eigenvalue weighted by Crippen LogP contribution is 2.36. The van der Waals surface area contributed by atoms with Crippen LogP contribution in [0.15, 0.2) is 42.5 Å². The summed E-state index contributed by atoms with van der Waals surface area (Å²) in [5, 5.41) is 4.97. The molecule has 4 rings (SSSR count). The Labute approximate surface area is 118 Å². The molecule has 2 heterocycles. The van der Waals surface area contributed by atoms with Crippen LogP contribution in [0.1, 0.15) is 28.4 Å². The van der Waals surface area contributed by atoms with E-state index in [1.165, 1.54) is 39.0 Å². The predicted octanol–water partition coefficient (Wildman–Crippen LogP) is 4.49. The molecule has 1 aromatic heterocycles. The Morgan fingerprint density at radius 3 is 2.60 bits per heavy atom. The normalized spacial score (nSPS) is 17.2. The van der Waals surface area contributed by atoms with Crippen molar-refractivity contribution in [2.24, 2.45) is 0 Å². The summed E-state index contributed by atoms with van der Waals surface area (Å²) in [6, 6.07) is 15.6. The van der Waals surface area contributed by atoms with Crippen molar-refractivity contribution in [3.8, 4) is 0 Å². The van der Waals surface area contributed by atoms with Gasteiger partial charge in [-0.05, 0) is 42.0 Å². The van der Waals surface area contributed by atoms with Gasteiger partial charge < -0.3 is 10.3 Å². The molecule has 0 aliphatic carbocycles. The summed E-state index contributed by atoms with van der Waals surface area (Å²) in [5.74, 6) is 0. The highest BCUT2D eigenvalue weighted by atomic mass is 15.0. The Balaban J connectivity index is 1.75. The van der Waals surface area contributed by atoms with E-state index in [1.807, 2.05) is 0 Å². The molecule has 2 heteroatoms. The fraction of sp³-hybridized carbons (Fsp3) is 0.222. The minimum absolute atomic E-state index is 0.359. The second-order valence-corrected chi connectivity index (χ2v) is 5.77. The fourth-order valence-corrected chi connectivity index (χ4v) is 3.26. The lowest BCUT2D eigenvalue weighted by atomic mass is 10.1. The van der Waals surface area contributed by atoms with Gasteiger partial charge in [0.25, 0.3) is 0 Å². The van der Waals surface area contributed by atoms with Crippen molar-refractivity contribution in [2.45, 2.75) is 26.3 Å². The third-order valence-corrected chi connectivity index (χ3v) is 4.36. The van der Waals surface area contributed by atoms with E-state index in [0.717, 1.165) is 6.42 Å². The third-order valence-electron chi connectivity index (χ3n) is 4.36. The van der Waals surface area contributed by atoms with Crippen LogP contribution in [0.4, 0.5) is 5.69 Å². The summed E-state index contributed by atoms with van der Waals surface area (Å²) in [6.07, 6.45) is 1.06. The zero-order chi connectivity index (χ0) is 13.7. The van der Waals surface area contributed by atoms with E-state index < -0.39 is 0 Å². The molecule has 2 nitrogen and oxygen atoms in total. The minimum atomic E-state index is 0.359. The molecule has 2 N–H and O–H groups in total. The Kier molecular flexibility index (Phi) is 2.40. The lowest BCUT2D eigenvalue weighted by Crippen LogP contribution is -2.06. The largest absolute Gasteiger partial charge is 0.376 e. The number of benzene rings is 2. The molecule has 100 valence electrons. The molecular weight excluding hydrogens is 244 g/mol. The van der Waals surface area contributed by atoms with Crippen LogP contribution < -0.4 is 5.32 Å². The summed E-state index contributed by atoms with van der Waals surface area (Å²) in [5.41, 5.74) is 7.91. The van der Waals surface area contributed by atoms with Crippen LogP contribution in [0.25, 0.3) is 10.9 Å². The lowest BCUT2D eigenvalue weighted by Gasteiger charge is -2.10. The summed E-state index contributed by atoms with van der Waals surface area (Å²) < 4.78 is 0. The van der Waals surface area contributed by atoms with Gasteiger partial charge in [0.2, 0.25) is 0 Å². The SMILES string of the molecule is Cc1cccc2c1N[C@@H](c1cc3cccc(C)c3[nH]1)C2. The topological polar surface area (TPSA) is 27.8 Å². The molecule has 0 radical (unpaired) electrons. The van der Waals surface area contributed by atoms with Crippen LogP contribution in [0.3, 0.4) is 0 Å². The number of aryl methyl sites for hydroxylation is 2. The summed E-state index contributed by atoms with van der Waals surface area (Å²) in [6.45, 7) is 4.33. The zero-order valence-corrected chi connectivity index (χ0v) is 11.8. The van der Waals surface area contributed by atoms with Crippen molar-refractivity contribution < 1.29 is 0 Å². The van der Waals surface area contributed by atoms with Crippen LogP contribution in [0, 0.1) is 13.8 Å². The molecule has 0 spiro atoms. The van der Waals surface area contributed by atoms with Crippen molar-refractivity contribution in [2.75, 3.05) is 5.32 Å². The van der Waals surface area contributed by atoms with Gasteiger partial charge in [0.1, 0.15) is 0 Å². The highest BCUT2D eigenvalue weighted by molar-refractivity contribution is 5.83. The van der Waals surface area contributed by atoms with Gasteiger partial charge in [-0.1, -0.05) is 36.4 Å². The van der Waals surface area contributed by atoms with Crippen molar-refractivity contribution in [3.63, 3.8) is 0 Å². The van der Waals surface area contributed by atoms with Crippen molar-refractivity contribution >= 4 is 16.6 Å². The van der Waals surface area contributed by atoms with E-state index in [4.69, 9.17) is 0 Å². The van der Waals surface area contributed by atoms with Gasteiger partial charge in [-0.3, -0.25) is 0 Å². The van der Waals surface area contributed by atoms with Gasteiger partial charge in [-0.2, -0.15) is 0 Å². The lowest BCUT2D eigenvalue weighted by molar-refractivity contribution is 0.799. The van der Waals surface area contributed by atoms with Crippen LogP contribution in [-0.4, -0.2) is 4.98 Å². The van der Waals surface area contributed by atoms with Crippen LogP contribution in [-0.2, 0) is 6.42 Å². The first-order valence-electron chi connectivity index (χ1n) is 7.15. The van der Waals surface area contributed by atoms with Gasteiger partial charge in [0.05, 0.1) is 6.04 Å². The zero-order valence-electron chi connectivity index (χ0n) is 11.8. The van der Waals surface area contributed by atoms with E-state index >= 15 is 0 Å². The first kappa shape index (κ1) is 11.6. The molecule has 1 aliphatic rings. The number of aromatic nitrogens is 1. The molecule has 0 fully saturated rings. The second-order valence-electron chi connectivity index (χ2n) is 5.77. The minimum Gasteiger partial charge on any atom is -0.376 e. The maximum absolute atomic E-state index is 3.67. The summed E-state index contributed by atoms with van der Waals surface area (Å²) in [7, 11) is 0. The second kappa shape index (κ2) is 4.14. The number of fused-ring (bicyclic) bond motifs is 2. The summed E-state index contributed by atoms with van der Waals surface area (Å²) in [4.78, 5) is 3.60. The number of rotatable bonds is 1. The number of hydrogen-bond acceptors (Lipinski definition) is 1. The Morgan fingerprint density at radius 1 is 1.00 bits per heavy atom. The van der Waals surface area contributed by atoms with Crippen LogP contribution >= 0.6 is 0 Å². The molecule has 3 aromatic rings. The number of hydrogen-bond donors (Lipinski definition) is 2. The average Bonchev–Trinajstić information content (AvgIpc) is 3.03. The number of aromatic amines is 1. The summed E-state index contributed by atoms with van der Waals surface area (Å²) >= 11 is 0. The van der Waals surface area contributed by atoms with Gasteiger partial charge in [-0.25, -0.2) is 0 Å². The number of nitrogens with one attached hydrogen (secondary N) is 2. The molecule has 1 atom stereocenters. The van der Waals surface area contributed by atoms with Crippen LogP contribution in [0.5, 0.6) is 0 Å². The van der Waals surface area contributed by atoms with E-state index in [9.17, 15) is 0 Å². The maximum Gasteiger partial charge on any atom is 0.0704 e. The number of para-hydroxylation sites is 2. The predicted molar refractivity (Wildman–Crippen MR) is 84.3 cm³/mol. The van der Waals surface area contributed by atoms with E-state index in [0.29, 0.717) is 6.04 Å². The van der Waals surface area contributed by atoms with Crippen molar-refractivity contribution in [1.82, 2.24) is 4.98 Å². The molecular formula is C18H18N2. The van der Waals surface area contributed by atoms with E-state index in [1.54, 1.807) is 0 Å². The van der Waals surface area contributed by atoms with Crippen molar-refractivity contribution in [3.05, 3.63) is 64.8 Å². The first-order chi connectivity index (χ1) is 9.72. The van der Waals surface area contributed by atoms with Gasteiger partial charge in [-0.15, -0.1) is 0 Å². The number of H-pyrrole nitrogens is 1. The molecule has 20 heavy (non-hydrogen) atoms. The van der Waals surface area contributed by atoms with Gasteiger partial charge >= 0.3 is 0 Å². The average molecular weight is 262 g/mol. The molecule has 0 unspecified atom stereocenters. The van der Waals surface area contributed by atoms with Crippen LogP contribution in [0.2, 0.25) is 0 Å². The molecule has 1 aliphatic heterocycles. The third kappa shape index (κ3) is 1.64. The first-order valence-corrected chi connectivity index (χ1v) is 7.15. The molecule has 0 saturated carbocycles.